The fraction of sp³-hybridized carbons (Fsp3) is 0.344. The molecule has 0 spiro atoms. The van der Waals surface area contributed by atoms with Gasteiger partial charge in [0, 0.05) is 24.5 Å². The molecule has 1 amide bonds. The summed E-state index contributed by atoms with van der Waals surface area (Å²) in [5, 5.41) is 3.62. The van der Waals surface area contributed by atoms with Crippen LogP contribution in [-0.4, -0.2) is 53.8 Å². The lowest BCUT2D eigenvalue weighted by atomic mass is 10.1. The third-order valence-electron chi connectivity index (χ3n) is 7.60. The quantitative estimate of drug-likeness (QED) is 0.214. The number of benzene rings is 3. The van der Waals surface area contributed by atoms with Gasteiger partial charge in [-0.15, -0.1) is 0 Å². The lowest BCUT2D eigenvalue weighted by molar-refractivity contribution is -0.115. The summed E-state index contributed by atoms with van der Waals surface area (Å²) in [5.74, 6) is 1.21. The number of aromatic nitrogens is 2. The molecule has 1 atom stereocenters. The zero-order valence-electron chi connectivity index (χ0n) is 23.8. The Kier molecular flexibility index (Phi) is 8.34. The maximum absolute atomic E-state index is 14.1. The van der Waals surface area contributed by atoms with Gasteiger partial charge in [0.25, 0.3) is 5.56 Å². The van der Waals surface area contributed by atoms with Crippen LogP contribution >= 0.6 is 11.8 Å². The number of morpholine rings is 1. The molecule has 0 aliphatic carbocycles. The van der Waals surface area contributed by atoms with Gasteiger partial charge in [-0.2, -0.15) is 0 Å². The van der Waals surface area contributed by atoms with Crippen LogP contribution in [0.3, 0.4) is 0 Å². The maximum atomic E-state index is 14.1. The van der Waals surface area contributed by atoms with Crippen molar-refractivity contribution in [1.82, 2.24) is 9.55 Å². The number of aryl methyl sites for hydroxylation is 1. The van der Waals surface area contributed by atoms with E-state index in [2.05, 4.69) is 17.1 Å². The largest absolute Gasteiger partial charge is 0.454 e. The van der Waals surface area contributed by atoms with E-state index in [1.54, 1.807) is 4.57 Å². The van der Waals surface area contributed by atoms with E-state index in [0.29, 0.717) is 47.2 Å². The number of rotatable bonds is 9. The van der Waals surface area contributed by atoms with Crippen LogP contribution in [0.5, 0.6) is 11.5 Å². The molecule has 0 radical (unpaired) electrons. The lowest BCUT2D eigenvalue weighted by Crippen LogP contribution is -2.36. The Morgan fingerprint density at radius 3 is 2.50 bits per heavy atom. The summed E-state index contributed by atoms with van der Waals surface area (Å²) in [5.41, 5.74) is 4.25. The van der Waals surface area contributed by atoms with Gasteiger partial charge in [0.05, 0.1) is 35.9 Å². The highest BCUT2D eigenvalue weighted by Crippen LogP contribution is 2.33. The van der Waals surface area contributed by atoms with Crippen molar-refractivity contribution in [2.45, 2.75) is 43.6 Å². The maximum Gasteiger partial charge on any atom is 0.262 e. The van der Waals surface area contributed by atoms with Gasteiger partial charge in [0.2, 0.25) is 12.7 Å². The second-order valence-corrected chi connectivity index (χ2v) is 11.5. The topological polar surface area (TPSA) is 94.9 Å². The molecule has 1 aromatic heterocycles. The van der Waals surface area contributed by atoms with Crippen molar-refractivity contribution in [3.63, 3.8) is 0 Å². The zero-order chi connectivity index (χ0) is 29.1. The highest BCUT2D eigenvalue weighted by Gasteiger charge is 2.24. The Morgan fingerprint density at radius 2 is 1.74 bits per heavy atom. The summed E-state index contributed by atoms with van der Waals surface area (Å²) < 4.78 is 18.2. The first-order valence-electron chi connectivity index (χ1n) is 14.3. The fourth-order valence-corrected chi connectivity index (χ4v) is 6.17. The first kappa shape index (κ1) is 28.1. The monoisotopic (exact) mass is 586 g/mol. The molecule has 10 heteroatoms. The smallest absolute Gasteiger partial charge is 0.262 e. The molecule has 9 nitrogen and oxygen atoms in total. The van der Waals surface area contributed by atoms with Crippen LogP contribution in [0, 0.1) is 0 Å². The number of carbonyl (C=O) groups is 1. The molecule has 3 heterocycles. The number of amides is 1. The first-order chi connectivity index (χ1) is 20.5. The molecular formula is C32H34N4O5S. The van der Waals surface area contributed by atoms with Gasteiger partial charge in [-0.1, -0.05) is 43.8 Å². The van der Waals surface area contributed by atoms with E-state index in [9.17, 15) is 9.59 Å². The second kappa shape index (κ2) is 12.5. The fourth-order valence-electron chi connectivity index (χ4n) is 5.15. The Labute approximate surface area is 248 Å². The van der Waals surface area contributed by atoms with E-state index in [1.165, 1.54) is 17.3 Å². The Bertz CT molecular complexity index is 1650. The van der Waals surface area contributed by atoms with Crippen molar-refractivity contribution in [3.8, 4) is 11.5 Å². The summed E-state index contributed by atoms with van der Waals surface area (Å²) in [6.07, 6.45) is 1.50. The standard InChI is InChI=1S/C32H34N4O5S/c1-3-21-5-8-23(9-6-21)33-30(37)29(4-2)42-32-34-26-11-10-24(35-13-15-39-16-14-35)18-25(26)31(38)36(32)19-22-7-12-27-28(17-22)41-20-40-27/h5-12,17-18,29H,3-4,13-16,19-20H2,1-2H3,(H,33,37)/t29-/m1/s1. The number of carbonyl (C=O) groups excluding carboxylic acids is 1. The SMILES string of the molecule is CCc1ccc(NC(=O)[C@@H](CC)Sc2nc3ccc(N4CCOCC4)cc3c(=O)n2Cc2ccc3c(c2)OCO3)cc1. The third kappa shape index (κ3) is 5.96. The number of nitrogens with zero attached hydrogens (tertiary/aromatic N) is 3. The number of anilines is 2. The van der Waals surface area contributed by atoms with Gasteiger partial charge in [-0.3, -0.25) is 14.2 Å². The summed E-state index contributed by atoms with van der Waals surface area (Å²) in [4.78, 5) is 34.7. The molecule has 6 rings (SSSR count). The molecule has 2 aliphatic rings. The minimum absolute atomic E-state index is 0.126. The van der Waals surface area contributed by atoms with E-state index in [-0.39, 0.29) is 24.8 Å². The summed E-state index contributed by atoms with van der Waals surface area (Å²) >= 11 is 1.31. The molecule has 1 N–H and O–H groups in total. The number of fused-ring (bicyclic) bond motifs is 2. The Morgan fingerprint density at radius 1 is 0.976 bits per heavy atom. The van der Waals surface area contributed by atoms with Gasteiger partial charge in [-0.05, 0) is 66.4 Å². The van der Waals surface area contributed by atoms with Crippen LogP contribution < -0.4 is 25.2 Å². The van der Waals surface area contributed by atoms with Crippen molar-refractivity contribution >= 4 is 39.9 Å². The van der Waals surface area contributed by atoms with Crippen LogP contribution in [0.2, 0.25) is 0 Å². The van der Waals surface area contributed by atoms with E-state index in [0.717, 1.165) is 36.4 Å². The highest BCUT2D eigenvalue weighted by atomic mass is 32.2. The van der Waals surface area contributed by atoms with Gasteiger partial charge in [0.15, 0.2) is 16.7 Å². The van der Waals surface area contributed by atoms with Crippen LogP contribution in [0.25, 0.3) is 10.9 Å². The Hall–Kier alpha value is -4.02. The van der Waals surface area contributed by atoms with E-state index in [1.807, 2.05) is 67.6 Å². The van der Waals surface area contributed by atoms with E-state index >= 15 is 0 Å². The molecule has 218 valence electrons. The third-order valence-corrected chi connectivity index (χ3v) is 8.95. The van der Waals surface area contributed by atoms with Gasteiger partial charge < -0.3 is 24.4 Å². The van der Waals surface area contributed by atoms with Crippen molar-refractivity contribution in [3.05, 3.63) is 82.1 Å². The molecule has 1 fully saturated rings. The molecule has 2 aliphatic heterocycles. The highest BCUT2D eigenvalue weighted by molar-refractivity contribution is 8.00. The number of hydrogen-bond donors (Lipinski definition) is 1. The van der Waals surface area contributed by atoms with Crippen molar-refractivity contribution in [2.24, 2.45) is 0 Å². The van der Waals surface area contributed by atoms with E-state index in [4.69, 9.17) is 19.2 Å². The van der Waals surface area contributed by atoms with Crippen molar-refractivity contribution in [2.75, 3.05) is 43.3 Å². The van der Waals surface area contributed by atoms with Crippen LogP contribution in [0.15, 0.2) is 70.6 Å². The number of ether oxygens (including phenoxy) is 3. The molecular weight excluding hydrogens is 552 g/mol. The lowest BCUT2D eigenvalue weighted by Gasteiger charge is -2.29. The average Bonchev–Trinajstić information content (AvgIpc) is 3.50. The number of nitrogens with one attached hydrogen (secondary N) is 1. The molecule has 42 heavy (non-hydrogen) atoms. The van der Waals surface area contributed by atoms with Crippen LogP contribution in [0.1, 0.15) is 31.4 Å². The Balaban J connectivity index is 1.35. The van der Waals surface area contributed by atoms with Crippen LogP contribution in [-0.2, 0) is 22.5 Å². The number of thioether (sulfide) groups is 1. The molecule has 0 saturated carbocycles. The normalized spacial score (nSPS) is 15.1. The summed E-state index contributed by atoms with van der Waals surface area (Å²) in [6.45, 7) is 7.37. The first-order valence-corrected chi connectivity index (χ1v) is 15.2. The molecule has 3 aromatic carbocycles. The average molecular weight is 587 g/mol. The van der Waals surface area contributed by atoms with E-state index < -0.39 is 5.25 Å². The molecule has 1 saturated heterocycles. The number of hydrogen-bond acceptors (Lipinski definition) is 8. The predicted molar refractivity (Wildman–Crippen MR) is 165 cm³/mol. The summed E-state index contributed by atoms with van der Waals surface area (Å²) in [7, 11) is 0. The molecule has 0 bridgehead atoms. The summed E-state index contributed by atoms with van der Waals surface area (Å²) in [6, 6.07) is 19.4. The predicted octanol–water partition coefficient (Wildman–Crippen LogP) is 5.08. The zero-order valence-corrected chi connectivity index (χ0v) is 24.6. The van der Waals surface area contributed by atoms with Crippen molar-refractivity contribution < 1.29 is 19.0 Å². The van der Waals surface area contributed by atoms with Crippen LogP contribution in [0.4, 0.5) is 11.4 Å². The van der Waals surface area contributed by atoms with Crippen molar-refractivity contribution in [1.29, 1.82) is 0 Å². The molecule has 4 aromatic rings. The van der Waals surface area contributed by atoms with Gasteiger partial charge >= 0.3 is 0 Å². The minimum atomic E-state index is -0.448. The second-order valence-electron chi connectivity index (χ2n) is 10.3. The molecule has 0 unspecified atom stereocenters. The van der Waals surface area contributed by atoms with Gasteiger partial charge in [0.1, 0.15) is 0 Å². The minimum Gasteiger partial charge on any atom is -0.454 e. The van der Waals surface area contributed by atoms with Gasteiger partial charge in [-0.25, -0.2) is 4.98 Å².